The molecule has 1 aliphatic heterocycles. The average molecular weight is 196 g/mol. The number of nitrogens with zero attached hydrogens (tertiary/aromatic N) is 1. The summed E-state index contributed by atoms with van der Waals surface area (Å²) >= 11 is 0. The Morgan fingerprint density at radius 2 is 2.21 bits per heavy atom. The van der Waals surface area contributed by atoms with Gasteiger partial charge in [-0.1, -0.05) is 26.0 Å². The first-order valence-corrected chi connectivity index (χ1v) is 5.98. The molecule has 0 fully saturated rings. The summed E-state index contributed by atoms with van der Waals surface area (Å²) in [6.07, 6.45) is 8.31. The first-order chi connectivity index (χ1) is 6.88. The standard InChI is InChI=1S/C12H24N2/c1-3-8-13-11-12(4-2)14-9-6-5-7-10-14/h5-6,12-13H,3-4,7-11H2,1-2H3. The van der Waals surface area contributed by atoms with Crippen molar-refractivity contribution in [3.05, 3.63) is 12.2 Å². The van der Waals surface area contributed by atoms with Crippen LogP contribution < -0.4 is 5.32 Å². The third-order valence-corrected chi connectivity index (χ3v) is 2.88. The van der Waals surface area contributed by atoms with Gasteiger partial charge < -0.3 is 5.32 Å². The number of nitrogens with one attached hydrogen (secondary N) is 1. The van der Waals surface area contributed by atoms with Gasteiger partial charge in [0.2, 0.25) is 0 Å². The van der Waals surface area contributed by atoms with Crippen molar-refractivity contribution in [3.8, 4) is 0 Å². The Bertz CT molecular complexity index is 166. The molecule has 0 aromatic carbocycles. The van der Waals surface area contributed by atoms with Crippen molar-refractivity contribution >= 4 is 0 Å². The Kier molecular flexibility index (Phi) is 5.88. The van der Waals surface area contributed by atoms with Crippen LogP contribution in [0.25, 0.3) is 0 Å². The zero-order valence-corrected chi connectivity index (χ0v) is 9.63. The molecule has 0 aliphatic carbocycles. The third-order valence-electron chi connectivity index (χ3n) is 2.88. The highest BCUT2D eigenvalue weighted by atomic mass is 15.2. The molecule has 1 unspecified atom stereocenters. The largest absolute Gasteiger partial charge is 0.315 e. The Balaban J connectivity index is 2.25. The Morgan fingerprint density at radius 3 is 2.79 bits per heavy atom. The molecule has 0 saturated heterocycles. The lowest BCUT2D eigenvalue weighted by Gasteiger charge is -2.32. The molecule has 1 heterocycles. The molecule has 1 aliphatic rings. The van der Waals surface area contributed by atoms with Gasteiger partial charge >= 0.3 is 0 Å². The molecular weight excluding hydrogens is 172 g/mol. The second-order valence-corrected chi connectivity index (χ2v) is 4.02. The molecule has 1 N–H and O–H groups in total. The molecule has 0 aromatic heterocycles. The third kappa shape index (κ3) is 3.81. The molecule has 1 rings (SSSR count). The van der Waals surface area contributed by atoms with Gasteiger partial charge in [0.1, 0.15) is 0 Å². The highest BCUT2D eigenvalue weighted by molar-refractivity contribution is 4.93. The van der Waals surface area contributed by atoms with Gasteiger partial charge in [-0.3, -0.25) is 4.90 Å². The van der Waals surface area contributed by atoms with Crippen LogP contribution in [0.15, 0.2) is 12.2 Å². The zero-order valence-electron chi connectivity index (χ0n) is 9.63. The van der Waals surface area contributed by atoms with Crippen molar-refractivity contribution in [1.29, 1.82) is 0 Å². The minimum absolute atomic E-state index is 0.728. The predicted molar refractivity (Wildman–Crippen MR) is 62.6 cm³/mol. The Morgan fingerprint density at radius 1 is 1.36 bits per heavy atom. The molecule has 1 atom stereocenters. The van der Waals surface area contributed by atoms with Crippen LogP contribution in [0.4, 0.5) is 0 Å². The predicted octanol–water partition coefficient (Wildman–Crippen LogP) is 2.03. The minimum atomic E-state index is 0.728. The molecule has 0 bridgehead atoms. The highest BCUT2D eigenvalue weighted by Crippen LogP contribution is 2.08. The molecule has 2 nitrogen and oxygen atoms in total. The van der Waals surface area contributed by atoms with Gasteiger partial charge in [-0.2, -0.15) is 0 Å². The minimum Gasteiger partial charge on any atom is -0.315 e. The quantitative estimate of drug-likeness (QED) is 0.516. The van der Waals surface area contributed by atoms with Crippen molar-refractivity contribution in [2.24, 2.45) is 0 Å². The number of rotatable bonds is 6. The van der Waals surface area contributed by atoms with Gasteiger partial charge in [0.05, 0.1) is 0 Å². The summed E-state index contributed by atoms with van der Waals surface area (Å²) in [7, 11) is 0. The van der Waals surface area contributed by atoms with Crippen molar-refractivity contribution in [2.45, 2.75) is 39.2 Å². The van der Waals surface area contributed by atoms with Crippen LogP contribution in [-0.2, 0) is 0 Å². The summed E-state index contributed by atoms with van der Waals surface area (Å²) < 4.78 is 0. The SMILES string of the molecule is CCCNCC(CC)N1CC=CCC1. The van der Waals surface area contributed by atoms with E-state index in [1.54, 1.807) is 0 Å². The maximum atomic E-state index is 3.52. The van der Waals surface area contributed by atoms with Crippen LogP contribution in [0.2, 0.25) is 0 Å². The second-order valence-electron chi connectivity index (χ2n) is 4.02. The van der Waals surface area contributed by atoms with Crippen molar-refractivity contribution in [2.75, 3.05) is 26.2 Å². The van der Waals surface area contributed by atoms with Crippen LogP contribution in [-0.4, -0.2) is 37.1 Å². The van der Waals surface area contributed by atoms with Crippen LogP contribution in [0.3, 0.4) is 0 Å². The number of hydrogen-bond donors (Lipinski definition) is 1. The molecule has 0 amide bonds. The van der Waals surface area contributed by atoms with Gasteiger partial charge in [-0.15, -0.1) is 0 Å². The fourth-order valence-corrected chi connectivity index (χ4v) is 1.97. The van der Waals surface area contributed by atoms with E-state index in [9.17, 15) is 0 Å². The fourth-order valence-electron chi connectivity index (χ4n) is 1.97. The summed E-state index contributed by atoms with van der Waals surface area (Å²) in [4.78, 5) is 2.59. The van der Waals surface area contributed by atoms with E-state index in [0.29, 0.717) is 0 Å². The average Bonchev–Trinajstić information content (AvgIpc) is 2.26. The van der Waals surface area contributed by atoms with E-state index in [1.165, 1.54) is 25.8 Å². The molecule has 82 valence electrons. The fraction of sp³-hybridized carbons (Fsp3) is 0.833. The maximum absolute atomic E-state index is 3.52. The lowest BCUT2D eigenvalue weighted by Crippen LogP contribution is -2.43. The van der Waals surface area contributed by atoms with Gasteiger partial charge in [0.25, 0.3) is 0 Å². The molecule has 0 spiro atoms. The Labute approximate surface area is 88.4 Å². The molecule has 2 heteroatoms. The molecule has 14 heavy (non-hydrogen) atoms. The first-order valence-electron chi connectivity index (χ1n) is 5.98. The van der Waals surface area contributed by atoms with E-state index in [-0.39, 0.29) is 0 Å². The smallest absolute Gasteiger partial charge is 0.0221 e. The van der Waals surface area contributed by atoms with E-state index in [4.69, 9.17) is 0 Å². The van der Waals surface area contributed by atoms with Crippen LogP contribution >= 0.6 is 0 Å². The van der Waals surface area contributed by atoms with Crippen molar-refractivity contribution < 1.29 is 0 Å². The lowest BCUT2D eigenvalue weighted by molar-refractivity contribution is 0.203. The van der Waals surface area contributed by atoms with Crippen LogP contribution in [0.5, 0.6) is 0 Å². The molecule has 0 aromatic rings. The van der Waals surface area contributed by atoms with Crippen molar-refractivity contribution in [1.82, 2.24) is 10.2 Å². The monoisotopic (exact) mass is 196 g/mol. The second kappa shape index (κ2) is 7.02. The molecular formula is C12H24N2. The van der Waals surface area contributed by atoms with Crippen LogP contribution in [0, 0.1) is 0 Å². The summed E-state index contributed by atoms with van der Waals surface area (Å²) in [5, 5.41) is 3.52. The highest BCUT2D eigenvalue weighted by Gasteiger charge is 2.15. The van der Waals surface area contributed by atoms with E-state index < -0.39 is 0 Å². The zero-order chi connectivity index (χ0) is 10.2. The van der Waals surface area contributed by atoms with Crippen molar-refractivity contribution in [3.63, 3.8) is 0 Å². The Hall–Kier alpha value is -0.340. The lowest BCUT2D eigenvalue weighted by atomic mass is 10.1. The van der Waals surface area contributed by atoms with E-state index in [2.05, 4.69) is 36.2 Å². The van der Waals surface area contributed by atoms with E-state index in [0.717, 1.165) is 25.7 Å². The summed E-state index contributed by atoms with van der Waals surface area (Å²) in [5.74, 6) is 0. The van der Waals surface area contributed by atoms with Gasteiger partial charge in [-0.25, -0.2) is 0 Å². The topological polar surface area (TPSA) is 15.3 Å². The van der Waals surface area contributed by atoms with Gasteiger partial charge in [0, 0.05) is 25.7 Å². The van der Waals surface area contributed by atoms with E-state index in [1.807, 2.05) is 0 Å². The molecule has 0 radical (unpaired) electrons. The summed E-state index contributed by atoms with van der Waals surface area (Å²) in [6, 6.07) is 0.728. The first kappa shape index (κ1) is 11.7. The normalized spacial score (nSPS) is 19.9. The van der Waals surface area contributed by atoms with Gasteiger partial charge in [-0.05, 0) is 25.8 Å². The van der Waals surface area contributed by atoms with Crippen LogP contribution in [0.1, 0.15) is 33.1 Å². The molecule has 0 saturated carbocycles. The van der Waals surface area contributed by atoms with Gasteiger partial charge in [0.15, 0.2) is 0 Å². The number of hydrogen-bond acceptors (Lipinski definition) is 2. The summed E-state index contributed by atoms with van der Waals surface area (Å²) in [6.45, 7) is 9.20. The maximum Gasteiger partial charge on any atom is 0.0221 e. The summed E-state index contributed by atoms with van der Waals surface area (Å²) in [5.41, 5.74) is 0. The van der Waals surface area contributed by atoms with E-state index >= 15 is 0 Å².